The minimum atomic E-state index is -0.0928. The maximum atomic E-state index is 12.2. The van der Waals surface area contributed by atoms with Gasteiger partial charge >= 0.3 is 0 Å². The van der Waals surface area contributed by atoms with Crippen LogP contribution < -0.4 is 5.32 Å². The smallest absolute Gasteiger partial charge is 0.221 e. The molecular formula is C18H20N4OS. The van der Waals surface area contributed by atoms with Gasteiger partial charge in [-0.2, -0.15) is 0 Å². The third-order valence-corrected chi connectivity index (χ3v) is 4.64. The van der Waals surface area contributed by atoms with Crippen molar-refractivity contribution in [1.29, 1.82) is 0 Å². The van der Waals surface area contributed by atoms with Crippen LogP contribution >= 0.6 is 11.8 Å². The Kier molecular flexibility index (Phi) is 5.48. The maximum absolute atomic E-state index is 12.2. The minimum Gasteiger partial charge on any atom is -0.346 e. The molecule has 6 heteroatoms. The van der Waals surface area contributed by atoms with E-state index in [4.69, 9.17) is 0 Å². The number of carbonyl (C=O) groups excluding carboxylic acids is 1. The van der Waals surface area contributed by atoms with Gasteiger partial charge in [0.2, 0.25) is 5.91 Å². The van der Waals surface area contributed by atoms with Crippen molar-refractivity contribution >= 4 is 28.7 Å². The second-order valence-corrected chi connectivity index (χ2v) is 6.55. The summed E-state index contributed by atoms with van der Waals surface area (Å²) in [5.74, 6) is 1.55. The topological polar surface area (TPSA) is 70.7 Å². The van der Waals surface area contributed by atoms with Crippen LogP contribution in [0.15, 0.2) is 53.7 Å². The van der Waals surface area contributed by atoms with Gasteiger partial charge in [0, 0.05) is 18.4 Å². The molecule has 0 saturated heterocycles. The number of aromatic nitrogens is 3. The third-order valence-electron chi connectivity index (χ3n) is 3.70. The van der Waals surface area contributed by atoms with Crippen LogP contribution in [0.25, 0.3) is 11.0 Å². The average Bonchev–Trinajstić information content (AvgIpc) is 3.04. The third kappa shape index (κ3) is 4.14. The number of H-pyrrole nitrogens is 1. The second-order valence-electron chi connectivity index (χ2n) is 5.43. The number of amides is 1. The number of aromatic amines is 1. The number of para-hydroxylation sites is 2. The van der Waals surface area contributed by atoms with Gasteiger partial charge in [0.15, 0.2) is 0 Å². The molecule has 0 aliphatic heterocycles. The predicted octanol–water partition coefficient (Wildman–Crippen LogP) is 3.71. The van der Waals surface area contributed by atoms with Gasteiger partial charge in [-0.3, -0.25) is 4.79 Å². The summed E-state index contributed by atoms with van der Waals surface area (Å²) in [5.41, 5.74) is 1.91. The number of fused-ring (bicyclic) bond motifs is 1. The van der Waals surface area contributed by atoms with Crippen LogP contribution in [0.3, 0.4) is 0 Å². The van der Waals surface area contributed by atoms with Crippen LogP contribution in [0, 0.1) is 0 Å². The molecule has 0 radical (unpaired) electrons. The number of hydrogen-bond donors (Lipinski definition) is 2. The van der Waals surface area contributed by atoms with E-state index in [0.717, 1.165) is 28.3 Å². The Morgan fingerprint density at radius 3 is 2.83 bits per heavy atom. The molecule has 0 aliphatic rings. The zero-order valence-electron chi connectivity index (χ0n) is 13.5. The van der Waals surface area contributed by atoms with Gasteiger partial charge in [-0.25, -0.2) is 9.97 Å². The molecule has 0 fully saturated rings. The van der Waals surface area contributed by atoms with Gasteiger partial charge in [0.25, 0.3) is 0 Å². The molecule has 2 heterocycles. The van der Waals surface area contributed by atoms with Gasteiger partial charge in [0.1, 0.15) is 5.82 Å². The summed E-state index contributed by atoms with van der Waals surface area (Å²) in [6.45, 7) is 2.04. The highest BCUT2D eigenvalue weighted by Crippen LogP contribution is 2.19. The van der Waals surface area contributed by atoms with E-state index in [1.807, 2.05) is 49.4 Å². The predicted molar refractivity (Wildman–Crippen MR) is 96.8 cm³/mol. The molecule has 2 N–H and O–H groups in total. The second kappa shape index (κ2) is 7.97. The van der Waals surface area contributed by atoms with Gasteiger partial charge in [0.05, 0.1) is 22.1 Å². The highest BCUT2D eigenvalue weighted by molar-refractivity contribution is 7.99. The first-order valence-corrected chi connectivity index (χ1v) is 9.02. The zero-order chi connectivity index (χ0) is 16.8. The zero-order valence-corrected chi connectivity index (χ0v) is 14.3. The van der Waals surface area contributed by atoms with Crippen LogP contribution in [0.2, 0.25) is 0 Å². The number of imidazole rings is 1. The molecule has 1 amide bonds. The first-order chi connectivity index (χ1) is 11.8. The Bertz CT molecular complexity index is 770. The summed E-state index contributed by atoms with van der Waals surface area (Å²) in [6.07, 6.45) is 3.01. The first-order valence-electron chi connectivity index (χ1n) is 8.04. The summed E-state index contributed by atoms with van der Waals surface area (Å²) >= 11 is 1.59. The first kappa shape index (κ1) is 16.5. The van der Waals surface area contributed by atoms with Crippen LogP contribution in [0.5, 0.6) is 0 Å². The van der Waals surface area contributed by atoms with Crippen molar-refractivity contribution in [3.05, 3.63) is 54.5 Å². The molecule has 0 spiro atoms. The molecular weight excluding hydrogens is 320 g/mol. The molecule has 0 bridgehead atoms. The van der Waals surface area contributed by atoms with Crippen molar-refractivity contribution in [3.8, 4) is 0 Å². The lowest BCUT2D eigenvalue weighted by Gasteiger charge is -2.14. The lowest BCUT2D eigenvalue weighted by atomic mass is 10.2. The van der Waals surface area contributed by atoms with E-state index < -0.39 is 0 Å². The molecule has 0 saturated carbocycles. The lowest BCUT2D eigenvalue weighted by molar-refractivity contribution is -0.121. The summed E-state index contributed by atoms with van der Waals surface area (Å²) in [5, 5.41) is 4.00. The standard InChI is InChI=1S/C18H20N4OS/c1-2-13(18-21-14-7-3-4-8-15(14)22-18)20-16(23)10-12-24-17-9-5-6-11-19-17/h3-9,11,13H,2,10,12H2,1H3,(H,20,23)(H,21,22). The van der Waals surface area contributed by atoms with E-state index in [1.165, 1.54) is 0 Å². The molecule has 24 heavy (non-hydrogen) atoms. The fourth-order valence-corrected chi connectivity index (χ4v) is 3.26. The molecule has 1 aromatic carbocycles. The van der Waals surface area contributed by atoms with E-state index in [9.17, 15) is 4.79 Å². The fourth-order valence-electron chi connectivity index (χ4n) is 2.45. The van der Waals surface area contributed by atoms with Crippen molar-refractivity contribution in [2.75, 3.05) is 5.75 Å². The molecule has 0 aliphatic carbocycles. The molecule has 3 aromatic rings. The molecule has 1 unspecified atom stereocenters. The average molecular weight is 340 g/mol. The fraction of sp³-hybridized carbons (Fsp3) is 0.278. The van der Waals surface area contributed by atoms with Crippen molar-refractivity contribution in [1.82, 2.24) is 20.3 Å². The Morgan fingerprint density at radius 2 is 2.08 bits per heavy atom. The van der Waals surface area contributed by atoms with Crippen molar-refractivity contribution in [2.45, 2.75) is 30.8 Å². The normalized spacial score (nSPS) is 12.2. The van der Waals surface area contributed by atoms with Gasteiger partial charge < -0.3 is 10.3 Å². The van der Waals surface area contributed by atoms with Crippen molar-refractivity contribution in [2.24, 2.45) is 0 Å². The monoisotopic (exact) mass is 340 g/mol. The summed E-state index contributed by atoms with van der Waals surface area (Å²) < 4.78 is 0. The number of benzene rings is 1. The van der Waals surface area contributed by atoms with Gasteiger partial charge in [-0.1, -0.05) is 25.1 Å². The highest BCUT2D eigenvalue weighted by Gasteiger charge is 2.16. The molecule has 5 nitrogen and oxygen atoms in total. The SMILES string of the molecule is CCC(NC(=O)CCSc1ccccn1)c1nc2ccccc2[nH]1. The number of thioether (sulfide) groups is 1. The van der Waals surface area contributed by atoms with Crippen LogP contribution in [-0.4, -0.2) is 26.6 Å². The maximum Gasteiger partial charge on any atom is 0.221 e. The number of pyridine rings is 1. The highest BCUT2D eigenvalue weighted by atomic mass is 32.2. The van der Waals surface area contributed by atoms with E-state index in [2.05, 4.69) is 20.3 Å². The van der Waals surface area contributed by atoms with Crippen LogP contribution in [0.4, 0.5) is 0 Å². The molecule has 3 rings (SSSR count). The number of carbonyl (C=O) groups is 1. The van der Waals surface area contributed by atoms with E-state index in [-0.39, 0.29) is 11.9 Å². The summed E-state index contributed by atoms with van der Waals surface area (Å²) in [4.78, 5) is 24.3. The van der Waals surface area contributed by atoms with Crippen molar-refractivity contribution < 1.29 is 4.79 Å². The van der Waals surface area contributed by atoms with E-state index >= 15 is 0 Å². The van der Waals surface area contributed by atoms with E-state index in [1.54, 1.807) is 18.0 Å². The lowest BCUT2D eigenvalue weighted by Crippen LogP contribution is -2.29. The van der Waals surface area contributed by atoms with Crippen LogP contribution in [0.1, 0.15) is 31.6 Å². The summed E-state index contributed by atoms with van der Waals surface area (Å²) in [6, 6.07) is 13.6. The molecule has 1 atom stereocenters. The van der Waals surface area contributed by atoms with E-state index in [0.29, 0.717) is 12.2 Å². The summed E-state index contributed by atoms with van der Waals surface area (Å²) in [7, 11) is 0. The Labute approximate surface area is 145 Å². The number of hydrogen-bond acceptors (Lipinski definition) is 4. The van der Waals surface area contributed by atoms with Gasteiger partial charge in [-0.05, 0) is 30.7 Å². The Morgan fingerprint density at radius 1 is 1.25 bits per heavy atom. The number of nitrogens with one attached hydrogen (secondary N) is 2. The Balaban J connectivity index is 1.55. The van der Waals surface area contributed by atoms with Gasteiger partial charge in [-0.15, -0.1) is 11.8 Å². The van der Waals surface area contributed by atoms with Crippen molar-refractivity contribution in [3.63, 3.8) is 0 Å². The number of rotatable bonds is 7. The molecule has 124 valence electrons. The van der Waals surface area contributed by atoms with Crippen LogP contribution in [-0.2, 0) is 4.79 Å². The largest absolute Gasteiger partial charge is 0.346 e. The molecule has 2 aromatic heterocycles. The quantitative estimate of drug-likeness (QED) is 0.643. The number of nitrogens with zero attached hydrogens (tertiary/aromatic N) is 2. The Hall–Kier alpha value is -2.34. The minimum absolute atomic E-state index is 0.0331.